The average Bonchev–Trinajstić information content (AvgIpc) is 3.09. The Morgan fingerprint density at radius 2 is 1.94 bits per heavy atom. The van der Waals surface area contributed by atoms with Gasteiger partial charge in [-0.2, -0.15) is 0 Å². The standard InChI is InChI=1S/C24H26ClNO5/c1-23(2)16-9-19(31-11-13(28)10-27)17(24(3,4)30)8-15(16)21(29)20-14-6-5-12(25)7-18(14)26-22(20)23/h5-9,13,26-28,30H,10-11H2,1-4H3/t13-/m1/s1. The predicted octanol–water partition coefficient (Wildman–Crippen LogP) is 3.65. The van der Waals surface area contributed by atoms with Crippen molar-refractivity contribution in [1.29, 1.82) is 0 Å². The Balaban J connectivity index is 1.94. The zero-order chi connectivity index (χ0) is 22.7. The molecule has 0 unspecified atom stereocenters. The topological polar surface area (TPSA) is 103 Å². The van der Waals surface area contributed by atoms with Crippen LogP contribution in [0, 0.1) is 0 Å². The number of carbonyl (C=O) groups is 1. The minimum Gasteiger partial charge on any atom is -0.490 e. The van der Waals surface area contributed by atoms with E-state index < -0.39 is 23.7 Å². The SMILES string of the molecule is CC(C)(O)c1cc2c(cc1OC[C@H](O)CO)C(C)(C)c1[nH]c3cc(Cl)ccc3c1C2=O. The van der Waals surface area contributed by atoms with Crippen LogP contribution in [-0.4, -0.2) is 45.4 Å². The lowest BCUT2D eigenvalue weighted by Gasteiger charge is -2.34. The van der Waals surface area contributed by atoms with E-state index in [0.29, 0.717) is 27.5 Å². The van der Waals surface area contributed by atoms with Crippen molar-refractivity contribution in [2.45, 2.75) is 44.8 Å². The minimum absolute atomic E-state index is 0.134. The van der Waals surface area contributed by atoms with E-state index >= 15 is 0 Å². The Labute approximate surface area is 185 Å². The van der Waals surface area contributed by atoms with Gasteiger partial charge in [0.05, 0.1) is 17.8 Å². The van der Waals surface area contributed by atoms with Crippen molar-refractivity contribution in [3.8, 4) is 5.75 Å². The van der Waals surface area contributed by atoms with Gasteiger partial charge in [0, 0.05) is 38.2 Å². The van der Waals surface area contributed by atoms with E-state index in [4.69, 9.17) is 21.4 Å². The molecule has 1 atom stereocenters. The van der Waals surface area contributed by atoms with Crippen LogP contribution < -0.4 is 4.74 Å². The molecule has 0 radical (unpaired) electrons. The lowest BCUT2D eigenvalue weighted by atomic mass is 9.70. The molecule has 7 heteroatoms. The second kappa shape index (κ2) is 7.35. The fourth-order valence-corrected chi connectivity index (χ4v) is 4.44. The van der Waals surface area contributed by atoms with Gasteiger partial charge in [0.2, 0.25) is 0 Å². The van der Waals surface area contributed by atoms with E-state index in [1.54, 1.807) is 38.1 Å². The molecule has 0 saturated carbocycles. The van der Waals surface area contributed by atoms with E-state index in [9.17, 15) is 15.0 Å². The summed E-state index contributed by atoms with van der Waals surface area (Å²) >= 11 is 6.16. The predicted molar refractivity (Wildman–Crippen MR) is 119 cm³/mol. The highest BCUT2D eigenvalue weighted by Crippen LogP contribution is 2.47. The first-order valence-corrected chi connectivity index (χ1v) is 10.5. The van der Waals surface area contributed by atoms with Gasteiger partial charge < -0.3 is 25.0 Å². The number of H-pyrrole nitrogens is 1. The van der Waals surface area contributed by atoms with Crippen LogP contribution >= 0.6 is 11.6 Å². The van der Waals surface area contributed by atoms with Gasteiger partial charge in [-0.1, -0.05) is 31.5 Å². The first-order valence-electron chi connectivity index (χ1n) is 10.1. The van der Waals surface area contributed by atoms with Crippen molar-refractivity contribution in [2.24, 2.45) is 0 Å². The maximum absolute atomic E-state index is 13.6. The summed E-state index contributed by atoms with van der Waals surface area (Å²) < 4.78 is 5.76. The quantitative estimate of drug-likeness (QED) is 0.482. The van der Waals surface area contributed by atoms with E-state index in [1.165, 1.54) is 0 Å². The third kappa shape index (κ3) is 3.53. The van der Waals surface area contributed by atoms with Gasteiger partial charge in [0.1, 0.15) is 18.5 Å². The molecule has 1 aliphatic rings. The molecule has 2 aromatic carbocycles. The smallest absolute Gasteiger partial charge is 0.195 e. The van der Waals surface area contributed by atoms with Crippen LogP contribution in [0.5, 0.6) is 5.75 Å². The number of aliphatic hydroxyl groups excluding tert-OH is 2. The van der Waals surface area contributed by atoms with Crippen LogP contribution in [0.4, 0.5) is 0 Å². The maximum Gasteiger partial charge on any atom is 0.195 e. The summed E-state index contributed by atoms with van der Waals surface area (Å²) in [6, 6.07) is 8.84. The first kappa shape index (κ1) is 21.8. The zero-order valence-electron chi connectivity index (χ0n) is 17.9. The fourth-order valence-electron chi connectivity index (χ4n) is 4.26. The minimum atomic E-state index is -1.28. The highest BCUT2D eigenvalue weighted by molar-refractivity contribution is 6.31. The summed E-state index contributed by atoms with van der Waals surface area (Å²) in [6.45, 7) is 6.69. The number of benzene rings is 2. The van der Waals surface area contributed by atoms with Crippen molar-refractivity contribution < 1.29 is 24.9 Å². The number of hydrogen-bond acceptors (Lipinski definition) is 5. The number of ketones is 1. The third-order valence-electron chi connectivity index (χ3n) is 5.95. The summed E-state index contributed by atoms with van der Waals surface area (Å²) in [5.41, 5.74) is 2.03. The van der Waals surface area contributed by atoms with Gasteiger partial charge in [-0.15, -0.1) is 0 Å². The molecule has 1 aromatic heterocycles. The number of ether oxygens (including phenoxy) is 1. The van der Waals surface area contributed by atoms with Gasteiger partial charge in [0.25, 0.3) is 0 Å². The number of aromatic nitrogens is 1. The lowest BCUT2D eigenvalue weighted by molar-refractivity contribution is 0.0465. The molecule has 3 aromatic rings. The second-order valence-corrected chi connectivity index (χ2v) is 9.56. The highest BCUT2D eigenvalue weighted by Gasteiger charge is 2.41. The molecule has 1 heterocycles. The number of halogens is 1. The Bertz CT molecular complexity index is 1190. The molecular weight excluding hydrogens is 418 g/mol. The molecule has 0 saturated heterocycles. The first-order chi connectivity index (χ1) is 14.4. The van der Waals surface area contributed by atoms with Crippen LogP contribution in [0.25, 0.3) is 10.9 Å². The summed E-state index contributed by atoms with van der Waals surface area (Å²) in [4.78, 5) is 17.0. The molecule has 0 amide bonds. The Morgan fingerprint density at radius 3 is 2.58 bits per heavy atom. The van der Waals surface area contributed by atoms with Crippen LogP contribution in [0.1, 0.15) is 60.4 Å². The Morgan fingerprint density at radius 1 is 1.23 bits per heavy atom. The number of fused-ring (bicyclic) bond motifs is 4. The van der Waals surface area contributed by atoms with Gasteiger partial charge in [-0.25, -0.2) is 0 Å². The number of hydrogen-bond donors (Lipinski definition) is 4. The van der Waals surface area contributed by atoms with Crippen molar-refractivity contribution in [3.05, 3.63) is 63.3 Å². The molecule has 0 fully saturated rings. The normalized spacial score (nSPS) is 16.2. The second-order valence-electron chi connectivity index (χ2n) is 9.12. The number of carbonyl (C=O) groups excluding carboxylic acids is 1. The van der Waals surface area contributed by atoms with Crippen molar-refractivity contribution in [1.82, 2.24) is 4.98 Å². The molecule has 0 aliphatic heterocycles. The Hall–Kier alpha value is -2.38. The number of nitrogens with one attached hydrogen (secondary N) is 1. The van der Waals surface area contributed by atoms with Crippen molar-refractivity contribution in [3.63, 3.8) is 0 Å². The van der Waals surface area contributed by atoms with Gasteiger partial charge in [-0.3, -0.25) is 4.79 Å². The van der Waals surface area contributed by atoms with E-state index in [0.717, 1.165) is 22.2 Å². The largest absolute Gasteiger partial charge is 0.490 e. The van der Waals surface area contributed by atoms with Crippen LogP contribution in [-0.2, 0) is 11.0 Å². The monoisotopic (exact) mass is 443 g/mol. The molecule has 0 bridgehead atoms. The number of rotatable bonds is 5. The summed E-state index contributed by atoms with van der Waals surface area (Å²) in [5, 5.41) is 31.0. The fraction of sp³-hybridized carbons (Fsp3) is 0.375. The van der Waals surface area contributed by atoms with Crippen molar-refractivity contribution >= 4 is 28.3 Å². The molecule has 164 valence electrons. The van der Waals surface area contributed by atoms with Crippen LogP contribution in [0.15, 0.2) is 30.3 Å². The number of aliphatic hydroxyl groups is 3. The van der Waals surface area contributed by atoms with Gasteiger partial charge >= 0.3 is 0 Å². The van der Waals surface area contributed by atoms with Crippen LogP contribution in [0.3, 0.4) is 0 Å². The van der Waals surface area contributed by atoms with E-state index in [1.807, 2.05) is 19.9 Å². The molecule has 1 aliphatic carbocycles. The highest BCUT2D eigenvalue weighted by atomic mass is 35.5. The molecule has 4 N–H and O–H groups in total. The summed E-state index contributed by atoms with van der Waals surface area (Å²) in [7, 11) is 0. The van der Waals surface area contributed by atoms with E-state index in [2.05, 4.69) is 4.98 Å². The molecule has 4 rings (SSSR count). The average molecular weight is 444 g/mol. The van der Waals surface area contributed by atoms with Crippen molar-refractivity contribution in [2.75, 3.05) is 13.2 Å². The Kier molecular flexibility index (Phi) is 5.17. The summed E-state index contributed by atoms with van der Waals surface area (Å²) in [5.74, 6) is 0.229. The molecular formula is C24H26ClNO5. The molecule has 6 nitrogen and oxygen atoms in total. The van der Waals surface area contributed by atoms with Gasteiger partial charge in [-0.05, 0) is 43.7 Å². The van der Waals surface area contributed by atoms with E-state index in [-0.39, 0.29) is 12.4 Å². The van der Waals surface area contributed by atoms with Crippen LogP contribution in [0.2, 0.25) is 5.02 Å². The maximum atomic E-state index is 13.6. The number of aromatic amines is 1. The summed E-state index contributed by atoms with van der Waals surface area (Å²) in [6.07, 6.45) is -1.05. The lowest BCUT2D eigenvalue weighted by Crippen LogP contribution is -2.32. The molecule has 0 spiro atoms. The third-order valence-corrected chi connectivity index (χ3v) is 6.19. The van der Waals surface area contributed by atoms with Gasteiger partial charge in [0.15, 0.2) is 5.78 Å². The molecule has 31 heavy (non-hydrogen) atoms. The zero-order valence-corrected chi connectivity index (χ0v) is 18.7.